The van der Waals surface area contributed by atoms with Gasteiger partial charge in [-0.25, -0.2) is 4.98 Å². The zero-order valence-electron chi connectivity index (χ0n) is 12.2. The van der Waals surface area contributed by atoms with Crippen molar-refractivity contribution in [2.24, 2.45) is 7.05 Å². The summed E-state index contributed by atoms with van der Waals surface area (Å²) in [4.78, 5) is 4.39. The lowest BCUT2D eigenvalue weighted by atomic mass is 10.1. The molecule has 1 unspecified atom stereocenters. The van der Waals surface area contributed by atoms with Crippen LogP contribution in [0.3, 0.4) is 0 Å². The summed E-state index contributed by atoms with van der Waals surface area (Å²) in [6.07, 6.45) is 5.72. The van der Waals surface area contributed by atoms with Crippen LogP contribution in [0.1, 0.15) is 19.2 Å². The predicted octanol–water partition coefficient (Wildman–Crippen LogP) is 2.41. The maximum Gasteiger partial charge on any atom is 0.119 e. The van der Waals surface area contributed by atoms with Crippen molar-refractivity contribution >= 4 is 0 Å². The van der Waals surface area contributed by atoms with E-state index >= 15 is 0 Å². The minimum Gasteiger partial charge on any atom is -0.494 e. The number of hydrogen-bond acceptors (Lipinski definition) is 3. The Morgan fingerprint density at radius 2 is 2.10 bits per heavy atom. The van der Waals surface area contributed by atoms with Crippen LogP contribution in [0.4, 0.5) is 0 Å². The van der Waals surface area contributed by atoms with Crippen LogP contribution in [-0.2, 0) is 13.5 Å². The lowest BCUT2D eigenvalue weighted by molar-refractivity contribution is 0.284. The fraction of sp³-hybridized carbons (Fsp3) is 0.438. The topological polar surface area (TPSA) is 39.1 Å². The largest absolute Gasteiger partial charge is 0.494 e. The maximum absolute atomic E-state index is 5.77. The number of aryl methyl sites for hydroxylation is 1. The van der Waals surface area contributed by atoms with Gasteiger partial charge in [-0.05, 0) is 25.1 Å². The first-order chi connectivity index (χ1) is 9.79. The van der Waals surface area contributed by atoms with E-state index in [9.17, 15) is 0 Å². The Morgan fingerprint density at radius 3 is 2.75 bits per heavy atom. The van der Waals surface area contributed by atoms with E-state index in [1.807, 2.05) is 49.8 Å². The van der Waals surface area contributed by atoms with Gasteiger partial charge in [-0.15, -0.1) is 0 Å². The predicted molar refractivity (Wildman–Crippen MR) is 80.9 cm³/mol. The number of nitrogens with one attached hydrogen (secondary N) is 1. The summed E-state index contributed by atoms with van der Waals surface area (Å²) < 4.78 is 7.84. The average Bonchev–Trinajstić information content (AvgIpc) is 2.86. The first-order valence-electron chi connectivity index (χ1n) is 7.17. The quantitative estimate of drug-likeness (QED) is 0.803. The van der Waals surface area contributed by atoms with Crippen molar-refractivity contribution in [3.05, 3.63) is 48.5 Å². The molecule has 108 valence electrons. The minimum atomic E-state index is 0.393. The van der Waals surface area contributed by atoms with Gasteiger partial charge in [-0.1, -0.05) is 25.1 Å². The SMILES string of the molecule is CCNC(CCOc1ccccc1)Cc1nccn1C. The molecule has 1 atom stereocenters. The first-order valence-corrected chi connectivity index (χ1v) is 7.17. The van der Waals surface area contributed by atoms with Crippen LogP contribution in [0.5, 0.6) is 5.75 Å². The van der Waals surface area contributed by atoms with Crippen LogP contribution in [0.25, 0.3) is 0 Å². The molecule has 0 saturated heterocycles. The zero-order chi connectivity index (χ0) is 14.2. The fourth-order valence-corrected chi connectivity index (χ4v) is 2.21. The molecule has 0 bridgehead atoms. The van der Waals surface area contributed by atoms with Gasteiger partial charge in [-0.2, -0.15) is 0 Å². The third-order valence-corrected chi connectivity index (χ3v) is 3.32. The zero-order valence-corrected chi connectivity index (χ0v) is 12.2. The molecule has 0 amide bonds. The minimum absolute atomic E-state index is 0.393. The van der Waals surface area contributed by atoms with Crippen molar-refractivity contribution < 1.29 is 4.74 Å². The molecule has 1 heterocycles. The Labute approximate surface area is 120 Å². The number of benzene rings is 1. The highest BCUT2D eigenvalue weighted by Gasteiger charge is 2.11. The van der Waals surface area contributed by atoms with Crippen molar-refractivity contribution in [3.63, 3.8) is 0 Å². The number of rotatable bonds is 8. The molecule has 1 aromatic heterocycles. The van der Waals surface area contributed by atoms with Gasteiger partial charge in [0.2, 0.25) is 0 Å². The third-order valence-electron chi connectivity index (χ3n) is 3.32. The summed E-state index contributed by atoms with van der Waals surface area (Å²) >= 11 is 0. The van der Waals surface area contributed by atoms with E-state index in [4.69, 9.17) is 4.74 Å². The number of para-hydroxylation sites is 1. The van der Waals surface area contributed by atoms with Crippen molar-refractivity contribution in [1.29, 1.82) is 0 Å². The van der Waals surface area contributed by atoms with E-state index in [0.29, 0.717) is 12.6 Å². The second-order valence-electron chi connectivity index (χ2n) is 4.86. The molecule has 20 heavy (non-hydrogen) atoms. The number of hydrogen-bond donors (Lipinski definition) is 1. The van der Waals surface area contributed by atoms with E-state index < -0.39 is 0 Å². The van der Waals surface area contributed by atoms with Gasteiger partial charge in [-0.3, -0.25) is 0 Å². The van der Waals surface area contributed by atoms with Crippen molar-refractivity contribution in [3.8, 4) is 5.75 Å². The van der Waals surface area contributed by atoms with Gasteiger partial charge in [0.05, 0.1) is 6.61 Å². The molecule has 1 aromatic carbocycles. The summed E-state index contributed by atoms with van der Waals surface area (Å²) in [6, 6.07) is 10.3. The van der Waals surface area contributed by atoms with Gasteiger partial charge in [0.1, 0.15) is 11.6 Å². The molecular weight excluding hydrogens is 250 g/mol. The summed E-state index contributed by atoms with van der Waals surface area (Å²) in [6.45, 7) is 3.80. The molecule has 0 aliphatic rings. The number of aromatic nitrogens is 2. The Hall–Kier alpha value is -1.81. The standard InChI is InChI=1S/C16H23N3O/c1-3-17-14(13-16-18-10-11-19(16)2)9-12-20-15-7-5-4-6-8-15/h4-8,10-11,14,17H,3,9,12-13H2,1-2H3. The maximum atomic E-state index is 5.77. The van der Waals surface area contributed by atoms with Gasteiger partial charge in [0.15, 0.2) is 0 Å². The van der Waals surface area contributed by atoms with E-state index in [-0.39, 0.29) is 0 Å². The van der Waals surface area contributed by atoms with Crippen LogP contribution in [0.15, 0.2) is 42.7 Å². The van der Waals surface area contributed by atoms with Gasteiger partial charge >= 0.3 is 0 Å². The molecule has 0 aliphatic carbocycles. The molecular formula is C16H23N3O. The summed E-state index contributed by atoms with van der Waals surface area (Å²) in [5.74, 6) is 2.04. The van der Waals surface area contributed by atoms with E-state index in [0.717, 1.165) is 31.0 Å². The average molecular weight is 273 g/mol. The molecule has 4 heteroatoms. The number of ether oxygens (including phenoxy) is 1. The Morgan fingerprint density at radius 1 is 1.30 bits per heavy atom. The first kappa shape index (κ1) is 14.6. The normalized spacial score (nSPS) is 12.3. The molecule has 0 radical (unpaired) electrons. The number of imidazole rings is 1. The second-order valence-corrected chi connectivity index (χ2v) is 4.86. The van der Waals surface area contributed by atoms with E-state index in [2.05, 4.69) is 21.8 Å². The highest BCUT2D eigenvalue weighted by Crippen LogP contribution is 2.10. The molecule has 0 saturated carbocycles. The molecule has 0 fully saturated rings. The molecule has 0 spiro atoms. The monoisotopic (exact) mass is 273 g/mol. The number of nitrogens with zero attached hydrogens (tertiary/aromatic N) is 2. The van der Waals surface area contributed by atoms with Gasteiger partial charge in [0.25, 0.3) is 0 Å². The van der Waals surface area contributed by atoms with E-state index in [1.165, 1.54) is 0 Å². The number of likely N-dealkylation sites (N-methyl/N-ethyl adjacent to an activating group) is 1. The molecule has 2 rings (SSSR count). The molecule has 1 N–H and O–H groups in total. The summed E-state index contributed by atoms with van der Waals surface area (Å²) in [5, 5.41) is 3.50. The Bertz CT molecular complexity index is 495. The van der Waals surface area contributed by atoms with Gasteiger partial charge < -0.3 is 14.6 Å². The molecule has 2 aromatic rings. The second kappa shape index (κ2) is 7.70. The van der Waals surface area contributed by atoms with Crippen LogP contribution < -0.4 is 10.1 Å². The summed E-state index contributed by atoms with van der Waals surface area (Å²) in [7, 11) is 2.03. The van der Waals surface area contributed by atoms with Crippen LogP contribution in [-0.4, -0.2) is 28.7 Å². The summed E-state index contributed by atoms with van der Waals surface area (Å²) in [5.41, 5.74) is 0. The van der Waals surface area contributed by atoms with E-state index in [1.54, 1.807) is 0 Å². The van der Waals surface area contributed by atoms with Crippen molar-refractivity contribution in [1.82, 2.24) is 14.9 Å². The van der Waals surface area contributed by atoms with Crippen LogP contribution in [0, 0.1) is 0 Å². The Kier molecular flexibility index (Phi) is 5.62. The van der Waals surface area contributed by atoms with Crippen LogP contribution >= 0.6 is 0 Å². The van der Waals surface area contributed by atoms with Crippen molar-refractivity contribution in [2.45, 2.75) is 25.8 Å². The van der Waals surface area contributed by atoms with Gasteiger partial charge in [0, 0.05) is 31.9 Å². The highest BCUT2D eigenvalue weighted by molar-refractivity contribution is 5.20. The third kappa shape index (κ3) is 4.38. The molecule has 4 nitrogen and oxygen atoms in total. The lowest BCUT2D eigenvalue weighted by Gasteiger charge is -2.18. The smallest absolute Gasteiger partial charge is 0.119 e. The Balaban J connectivity index is 1.82. The fourth-order valence-electron chi connectivity index (χ4n) is 2.21. The van der Waals surface area contributed by atoms with Crippen molar-refractivity contribution in [2.75, 3.05) is 13.2 Å². The highest BCUT2D eigenvalue weighted by atomic mass is 16.5. The van der Waals surface area contributed by atoms with Crippen LogP contribution in [0.2, 0.25) is 0 Å². The lowest BCUT2D eigenvalue weighted by Crippen LogP contribution is -2.33. The molecule has 0 aliphatic heterocycles.